The Kier molecular flexibility index (Phi) is 11.1. The van der Waals surface area contributed by atoms with E-state index >= 15 is 0 Å². The minimum Gasteiger partial charge on any atom is -0.309 e. The molecule has 2 nitrogen and oxygen atoms in total. The van der Waals surface area contributed by atoms with Crippen LogP contribution in [0.5, 0.6) is 0 Å². The number of hydrogen-bond acceptors (Lipinski definition) is 2. The molecule has 13 aromatic rings. The lowest BCUT2D eigenvalue weighted by molar-refractivity contribution is 0.597. The van der Waals surface area contributed by atoms with E-state index in [0.29, 0.717) is 0 Å². The van der Waals surface area contributed by atoms with Gasteiger partial charge in [-0.25, -0.2) is 0 Å². The number of hydrogen-bond donors (Lipinski definition) is 0. The zero-order valence-corrected chi connectivity index (χ0v) is 51.3. The minimum atomic E-state index is -0.345. The fraction of sp³-hybridized carbons (Fsp3) is 0.140. The van der Waals surface area contributed by atoms with E-state index in [1.807, 2.05) is 0 Å². The molecule has 0 atom stereocenters. The Labute approximate surface area is 517 Å². The third-order valence-corrected chi connectivity index (χ3v) is 21.0. The van der Waals surface area contributed by atoms with Crippen molar-refractivity contribution in [1.29, 1.82) is 0 Å². The molecule has 0 saturated heterocycles. The van der Waals surface area contributed by atoms with Crippen LogP contribution in [0.4, 0.5) is 34.1 Å². The Bertz CT molecular complexity index is 4780. The number of anilines is 6. The van der Waals surface area contributed by atoms with Crippen molar-refractivity contribution >= 4 is 55.7 Å². The summed E-state index contributed by atoms with van der Waals surface area (Å²) >= 11 is 0. The number of fused-ring (bicyclic) bond motifs is 10. The summed E-state index contributed by atoms with van der Waals surface area (Å²) in [6.07, 6.45) is 0. The van der Waals surface area contributed by atoms with Crippen LogP contribution in [0, 0.1) is 0 Å². The molecule has 0 saturated carbocycles. The molecule has 0 fully saturated rings. The number of nitrogens with zero attached hydrogens (tertiary/aromatic N) is 2. The molecule has 0 bridgehead atoms. The first-order chi connectivity index (χ1) is 42.6. The summed E-state index contributed by atoms with van der Waals surface area (Å²) in [6, 6.07) is 101. The fourth-order valence-electron chi connectivity index (χ4n) is 16.0. The van der Waals surface area contributed by atoms with Crippen LogP contribution >= 0.6 is 0 Å². The lowest BCUT2D eigenvalue weighted by Gasteiger charge is -2.50. The number of rotatable bonds is 6. The largest absolute Gasteiger partial charge is 0.309 e. The highest BCUT2D eigenvalue weighted by Crippen LogP contribution is 2.64. The van der Waals surface area contributed by atoms with Gasteiger partial charge in [-0.15, -0.1) is 0 Å². The smallest absolute Gasteiger partial charge is 0.0544 e. The topological polar surface area (TPSA) is 6.48 Å². The average Bonchev–Trinajstić information content (AvgIpc) is 0.700. The molecule has 0 aliphatic carbocycles. The maximum atomic E-state index is 2.62. The lowest BCUT2D eigenvalue weighted by atomic mass is 9.65. The molecule has 2 heteroatoms. The molecule has 17 rings (SSSR count). The monoisotopic (exact) mass is 1130 g/mol. The van der Waals surface area contributed by atoms with E-state index in [1.165, 1.54) is 167 Å². The van der Waals surface area contributed by atoms with Gasteiger partial charge in [0.15, 0.2) is 0 Å². The van der Waals surface area contributed by atoms with E-state index in [2.05, 4.69) is 332 Å². The van der Waals surface area contributed by atoms with Crippen molar-refractivity contribution in [3.63, 3.8) is 0 Å². The summed E-state index contributed by atoms with van der Waals surface area (Å²) in [6.45, 7) is 19.6. The van der Waals surface area contributed by atoms with Crippen LogP contribution in [0.3, 0.4) is 0 Å². The van der Waals surface area contributed by atoms with Gasteiger partial charge in [0.1, 0.15) is 0 Å². The Hall–Kier alpha value is -10.0. The van der Waals surface area contributed by atoms with Crippen LogP contribution in [-0.2, 0) is 21.7 Å². The molecule has 0 aromatic heterocycles. The highest BCUT2D eigenvalue weighted by molar-refractivity contribution is 6.02. The van der Waals surface area contributed by atoms with Gasteiger partial charge in [-0.2, -0.15) is 0 Å². The molecule has 4 aliphatic heterocycles. The summed E-state index contributed by atoms with van der Waals surface area (Å²) in [5.41, 5.74) is 31.8. The third-order valence-electron chi connectivity index (χ3n) is 21.0. The van der Waals surface area contributed by atoms with Gasteiger partial charge in [0.2, 0.25) is 0 Å². The predicted octanol–water partition coefficient (Wildman–Crippen LogP) is 23.5. The molecule has 4 aliphatic rings. The van der Waals surface area contributed by atoms with Crippen molar-refractivity contribution < 1.29 is 0 Å². The van der Waals surface area contributed by atoms with Crippen molar-refractivity contribution in [2.45, 2.75) is 77.0 Å². The maximum absolute atomic E-state index is 2.62. The van der Waals surface area contributed by atoms with Gasteiger partial charge >= 0.3 is 0 Å². The van der Waals surface area contributed by atoms with Crippen LogP contribution in [-0.4, -0.2) is 0 Å². The van der Waals surface area contributed by atoms with Gasteiger partial charge in [-0.3, -0.25) is 0 Å². The first kappa shape index (κ1) is 52.3. The third kappa shape index (κ3) is 7.54. The van der Waals surface area contributed by atoms with Gasteiger partial charge in [-0.1, -0.05) is 250 Å². The summed E-state index contributed by atoms with van der Waals surface area (Å²) in [4.78, 5) is 5.22. The van der Waals surface area contributed by atoms with E-state index in [1.54, 1.807) is 0 Å². The van der Waals surface area contributed by atoms with E-state index in [9.17, 15) is 0 Å². The molecule has 0 spiro atoms. The standard InChI is InChI=1S/C86H68N2/c1-83(2)69-45-59(53-21-11-9-12-22-53)37-41-77(69)87-78-42-38-60(54-23-13-10-14-24-54)46-70(78)84(3,4)74-50-63(49-73(83)81(74)87)55-33-35-56(36-34-55)64-51-75-82-76(52-64)86(7,8)72-48-62(68-32-20-28-58-26-16-18-30-66(58)68)40-44-80(72)88(82)79-43-39-61(47-71(79)85(75,5)6)67-31-19-27-57-25-15-17-29-65(57)67/h9-52H,1-8H3. The normalized spacial score (nSPS) is 15.6. The molecule has 4 heterocycles. The summed E-state index contributed by atoms with van der Waals surface area (Å²) in [5, 5.41) is 5.05. The quantitative estimate of drug-likeness (QED) is 0.164. The second kappa shape index (κ2) is 18.7. The lowest BCUT2D eigenvalue weighted by Crippen LogP contribution is -2.38. The van der Waals surface area contributed by atoms with Gasteiger partial charge < -0.3 is 9.80 Å². The van der Waals surface area contributed by atoms with E-state index < -0.39 is 0 Å². The minimum absolute atomic E-state index is 0.311. The molecule has 0 amide bonds. The van der Waals surface area contributed by atoms with Crippen LogP contribution in [0.2, 0.25) is 0 Å². The molecule has 0 unspecified atom stereocenters. The average molecular weight is 1130 g/mol. The molecule has 88 heavy (non-hydrogen) atoms. The van der Waals surface area contributed by atoms with Crippen molar-refractivity contribution in [1.82, 2.24) is 0 Å². The SMILES string of the molecule is CC1(C)c2cc(-c3ccccc3)ccc2N2c3ccc(-c4ccccc4)cc3C(C)(C)c3cc(-c4ccc(-c5cc6c7c(c5)C(C)(C)c5cc(-c8cccc9ccccc89)ccc5N7c5ccc(-c7cccc8ccccc78)cc5C6(C)C)cc4)cc1c32. The zero-order chi connectivity index (χ0) is 59.6. The Morgan fingerprint density at radius 1 is 0.205 bits per heavy atom. The van der Waals surface area contributed by atoms with Crippen LogP contribution in [0.1, 0.15) is 99.9 Å². The fourth-order valence-corrected chi connectivity index (χ4v) is 16.0. The predicted molar refractivity (Wildman–Crippen MR) is 372 cm³/mol. The van der Waals surface area contributed by atoms with E-state index in [0.717, 1.165) is 0 Å². The maximum Gasteiger partial charge on any atom is 0.0544 e. The van der Waals surface area contributed by atoms with Gasteiger partial charge in [-0.05, 0) is 206 Å². The molecule has 0 N–H and O–H groups in total. The summed E-state index contributed by atoms with van der Waals surface area (Å²) in [5.74, 6) is 0. The Morgan fingerprint density at radius 3 is 0.818 bits per heavy atom. The van der Waals surface area contributed by atoms with E-state index in [-0.39, 0.29) is 21.7 Å². The highest BCUT2D eigenvalue weighted by Gasteiger charge is 2.48. The Morgan fingerprint density at radius 2 is 0.466 bits per heavy atom. The van der Waals surface area contributed by atoms with Crippen LogP contribution < -0.4 is 9.80 Å². The van der Waals surface area contributed by atoms with Crippen molar-refractivity contribution in [2.75, 3.05) is 9.80 Å². The zero-order valence-electron chi connectivity index (χ0n) is 51.3. The van der Waals surface area contributed by atoms with Crippen molar-refractivity contribution in [3.8, 4) is 66.8 Å². The van der Waals surface area contributed by atoms with Crippen molar-refractivity contribution in [2.24, 2.45) is 0 Å². The molecule has 0 radical (unpaired) electrons. The summed E-state index contributed by atoms with van der Waals surface area (Å²) in [7, 11) is 0. The van der Waals surface area contributed by atoms with Gasteiger partial charge in [0.05, 0.1) is 34.1 Å². The number of benzene rings is 13. The van der Waals surface area contributed by atoms with E-state index in [4.69, 9.17) is 0 Å². The van der Waals surface area contributed by atoms with Gasteiger partial charge in [0.25, 0.3) is 0 Å². The van der Waals surface area contributed by atoms with Crippen LogP contribution in [0.15, 0.2) is 267 Å². The van der Waals surface area contributed by atoms with Crippen LogP contribution in [0.25, 0.3) is 88.3 Å². The van der Waals surface area contributed by atoms with Crippen molar-refractivity contribution in [3.05, 3.63) is 311 Å². The highest BCUT2D eigenvalue weighted by atomic mass is 15.2. The molecular formula is C86H68N2. The second-order valence-corrected chi connectivity index (χ2v) is 27.3. The molecule has 422 valence electrons. The Balaban J connectivity index is 0.830. The summed E-state index contributed by atoms with van der Waals surface area (Å²) < 4.78 is 0. The van der Waals surface area contributed by atoms with Gasteiger partial charge in [0, 0.05) is 21.7 Å². The first-order valence-electron chi connectivity index (χ1n) is 31.4. The molecular weight excluding hydrogens is 1060 g/mol. The molecule has 13 aromatic carbocycles. The first-order valence-corrected chi connectivity index (χ1v) is 31.4. The second-order valence-electron chi connectivity index (χ2n) is 27.3.